The fourth-order valence-electron chi connectivity index (χ4n) is 3.58. The number of amides is 2. The largest absolute Gasteiger partial charge is 0.462 e. The molecule has 0 spiro atoms. The number of hydrogen-bond acceptors (Lipinski definition) is 11. The van der Waals surface area contributed by atoms with Crippen LogP contribution in [0, 0.1) is 17.0 Å². The number of carbonyl (C=O) groups is 4. The quantitative estimate of drug-likeness (QED) is 0.107. The molecule has 0 radical (unpaired) electrons. The van der Waals surface area contributed by atoms with E-state index in [-0.39, 0.29) is 46.5 Å². The van der Waals surface area contributed by atoms with E-state index in [0.29, 0.717) is 28.0 Å². The maximum Gasteiger partial charge on any atom is 0.341 e. The molecule has 0 fully saturated rings. The number of nitro benzene ring substituents is 1. The molecule has 2 heterocycles. The highest BCUT2D eigenvalue weighted by Gasteiger charge is 2.25. The Kier molecular flexibility index (Phi) is 9.89. The summed E-state index contributed by atoms with van der Waals surface area (Å²) in [6, 6.07) is 5.37. The molecule has 0 bridgehead atoms. The van der Waals surface area contributed by atoms with Gasteiger partial charge >= 0.3 is 5.97 Å². The van der Waals surface area contributed by atoms with Crippen LogP contribution in [0.5, 0.6) is 0 Å². The third kappa shape index (κ3) is 7.06. The molecule has 0 aliphatic heterocycles. The van der Waals surface area contributed by atoms with E-state index in [1.165, 1.54) is 31.2 Å². The monoisotopic (exact) mass is 574 g/mol. The van der Waals surface area contributed by atoms with Crippen molar-refractivity contribution < 1.29 is 28.8 Å². The lowest BCUT2D eigenvalue weighted by Crippen LogP contribution is -2.25. The fraction of sp³-hybridized carbons (Fsp3) is 0.333. The summed E-state index contributed by atoms with van der Waals surface area (Å²) < 4.78 is 6.81. The zero-order valence-electron chi connectivity index (χ0n) is 21.6. The van der Waals surface area contributed by atoms with Crippen molar-refractivity contribution in [2.24, 2.45) is 0 Å². The summed E-state index contributed by atoms with van der Waals surface area (Å²) >= 11 is 2.13. The predicted octanol–water partition coefficient (Wildman–Crippen LogP) is 3.62. The molecule has 206 valence electrons. The number of nitro groups is 1. The van der Waals surface area contributed by atoms with Gasteiger partial charge in [-0.2, -0.15) is 0 Å². The Labute approximate surface area is 231 Å². The van der Waals surface area contributed by atoms with Crippen LogP contribution < -0.4 is 10.6 Å². The van der Waals surface area contributed by atoms with Gasteiger partial charge in [-0.3, -0.25) is 24.5 Å². The molecular formula is C24H26N6O7S2. The smallest absolute Gasteiger partial charge is 0.341 e. The number of carbonyl (C=O) groups excluding carboxylic acids is 4. The molecule has 0 aliphatic rings. The van der Waals surface area contributed by atoms with Gasteiger partial charge in [-0.1, -0.05) is 17.8 Å². The number of thioether (sulfide) groups is 1. The summed E-state index contributed by atoms with van der Waals surface area (Å²) in [5, 5.41) is 25.2. The third-order valence-corrected chi connectivity index (χ3v) is 7.64. The van der Waals surface area contributed by atoms with E-state index >= 15 is 0 Å². The summed E-state index contributed by atoms with van der Waals surface area (Å²) in [5.41, 5.74) is 0.554. The number of ether oxygens (including phenoxy) is 1. The molecule has 1 aromatic carbocycles. The number of nitrogens with one attached hydrogen (secondary N) is 2. The summed E-state index contributed by atoms with van der Waals surface area (Å²) in [7, 11) is 0. The summed E-state index contributed by atoms with van der Waals surface area (Å²) in [6.45, 7) is 7.15. The van der Waals surface area contributed by atoms with Crippen LogP contribution >= 0.6 is 23.1 Å². The maximum atomic E-state index is 12.7. The normalized spacial score (nSPS) is 10.7. The molecular weight excluding hydrogens is 548 g/mol. The molecule has 39 heavy (non-hydrogen) atoms. The van der Waals surface area contributed by atoms with Crippen LogP contribution in [0.4, 0.5) is 10.7 Å². The fourth-order valence-corrected chi connectivity index (χ4v) is 5.50. The first-order chi connectivity index (χ1) is 18.6. The van der Waals surface area contributed by atoms with Crippen LogP contribution in [0.1, 0.15) is 62.5 Å². The molecule has 0 unspecified atom stereocenters. The Morgan fingerprint density at radius 2 is 1.95 bits per heavy atom. The number of non-ortho nitro benzene ring substituents is 1. The standard InChI is InChI=1S/C24H26N6O7S2/c1-5-29-17(11-25-21(33)15-8-7-9-16(10-15)30(35)36)27-28-24(29)38-12-18(32)26-22-19(23(34)37-6-2)13(3)20(39-22)14(4)31/h7-10H,5-6,11-12H2,1-4H3,(H,25,33)(H,26,32). The number of aromatic nitrogens is 3. The number of thiophene rings is 1. The number of rotatable bonds is 12. The lowest BCUT2D eigenvalue weighted by molar-refractivity contribution is -0.384. The van der Waals surface area contributed by atoms with Crippen molar-refractivity contribution in [2.75, 3.05) is 17.7 Å². The second-order valence-electron chi connectivity index (χ2n) is 8.01. The van der Waals surface area contributed by atoms with Crippen LogP contribution in [0.2, 0.25) is 0 Å². The van der Waals surface area contributed by atoms with Crippen molar-refractivity contribution in [1.82, 2.24) is 20.1 Å². The number of benzene rings is 1. The minimum Gasteiger partial charge on any atom is -0.462 e. The van der Waals surface area contributed by atoms with Crippen molar-refractivity contribution in [2.45, 2.75) is 45.9 Å². The number of nitrogens with zero attached hydrogens (tertiary/aromatic N) is 4. The van der Waals surface area contributed by atoms with Gasteiger partial charge in [0, 0.05) is 24.2 Å². The van der Waals surface area contributed by atoms with E-state index in [9.17, 15) is 29.3 Å². The minimum atomic E-state index is -0.621. The van der Waals surface area contributed by atoms with E-state index < -0.39 is 22.7 Å². The number of esters is 1. The molecule has 2 aromatic heterocycles. The van der Waals surface area contributed by atoms with Gasteiger partial charge in [-0.15, -0.1) is 21.5 Å². The van der Waals surface area contributed by atoms with Gasteiger partial charge in [0.15, 0.2) is 16.8 Å². The third-order valence-electron chi connectivity index (χ3n) is 5.37. The van der Waals surface area contributed by atoms with Crippen LogP contribution in [0.25, 0.3) is 0 Å². The first-order valence-corrected chi connectivity index (χ1v) is 13.6. The second-order valence-corrected chi connectivity index (χ2v) is 9.97. The molecule has 13 nitrogen and oxygen atoms in total. The first-order valence-electron chi connectivity index (χ1n) is 11.8. The Balaban J connectivity index is 1.66. The minimum absolute atomic E-state index is 0.0142. The Morgan fingerprint density at radius 3 is 2.59 bits per heavy atom. The Morgan fingerprint density at radius 1 is 1.21 bits per heavy atom. The van der Waals surface area contributed by atoms with E-state index in [2.05, 4.69) is 20.8 Å². The van der Waals surface area contributed by atoms with Gasteiger partial charge in [-0.05, 0) is 39.3 Å². The summed E-state index contributed by atoms with van der Waals surface area (Å²) in [4.78, 5) is 60.4. The van der Waals surface area contributed by atoms with Crippen molar-refractivity contribution in [3.63, 3.8) is 0 Å². The molecule has 0 atom stereocenters. The average molecular weight is 575 g/mol. The number of anilines is 1. The Hall–Kier alpha value is -4.11. The van der Waals surface area contributed by atoms with Gasteiger partial charge in [0.05, 0.1) is 34.3 Å². The van der Waals surface area contributed by atoms with E-state index in [4.69, 9.17) is 4.74 Å². The highest BCUT2D eigenvalue weighted by Crippen LogP contribution is 2.34. The lowest BCUT2D eigenvalue weighted by Gasteiger charge is -2.09. The number of Topliss-reactive ketones (excluding diaryl/α,β-unsaturated/α-hetero) is 1. The van der Waals surface area contributed by atoms with Gasteiger partial charge in [-0.25, -0.2) is 4.79 Å². The van der Waals surface area contributed by atoms with E-state index in [0.717, 1.165) is 23.1 Å². The van der Waals surface area contributed by atoms with Gasteiger partial charge < -0.3 is 19.9 Å². The highest BCUT2D eigenvalue weighted by molar-refractivity contribution is 7.99. The maximum absolute atomic E-state index is 12.7. The molecule has 0 aliphatic carbocycles. The van der Waals surface area contributed by atoms with Crippen LogP contribution in [-0.4, -0.2) is 55.6 Å². The summed E-state index contributed by atoms with van der Waals surface area (Å²) in [6.07, 6.45) is 0. The number of ketones is 1. The molecule has 2 amide bonds. The Bertz CT molecular complexity index is 1430. The second kappa shape index (κ2) is 13.1. The van der Waals surface area contributed by atoms with Gasteiger partial charge in [0.1, 0.15) is 5.00 Å². The molecule has 2 N–H and O–H groups in total. The van der Waals surface area contributed by atoms with Crippen molar-refractivity contribution >= 4 is 57.4 Å². The SMILES string of the molecule is CCOC(=O)c1c(NC(=O)CSc2nnc(CNC(=O)c3cccc([N+](=O)[O-])c3)n2CC)sc(C(C)=O)c1C. The van der Waals surface area contributed by atoms with Crippen LogP contribution in [-0.2, 0) is 22.6 Å². The zero-order valence-corrected chi connectivity index (χ0v) is 23.2. The van der Waals surface area contributed by atoms with Crippen LogP contribution in [0.3, 0.4) is 0 Å². The van der Waals surface area contributed by atoms with Gasteiger partial charge in [0.2, 0.25) is 5.91 Å². The first kappa shape index (κ1) is 29.4. The van der Waals surface area contributed by atoms with Crippen LogP contribution in [0.15, 0.2) is 29.4 Å². The molecule has 15 heteroatoms. The average Bonchev–Trinajstić information content (AvgIpc) is 3.45. The van der Waals surface area contributed by atoms with Crippen molar-refractivity contribution in [3.05, 3.63) is 61.8 Å². The van der Waals surface area contributed by atoms with E-state index in [1.54, 1.807) is 18.4 Å². The molecule has 3 rings (SSSR count). The van der Waals surface area contributed by atoms with Crippen molar-refractivity contribution in [1.29, 1.82) is 0 Å². The van der Waals surface area contributed by atoms with Gasteiger partial charge in [0.25, 0.3) is 11.6 Å². The summed E-state index contributed by atoms with van der Waals surface area (Å²) in [5.74, 6) is -1.40. The molecule has 0 saturated carbocycles. The van der Waals surface area contributed by atoms with Crippen molar-refractivity contribution in [3.8, 4) is 0 Å². The lowest BCUT2D eigenvalue weighted by atomic mass is 10.1. The highest BCUT2D eigenvalue weighted by atomic mass is 32.2. The number of hydrogen-bond donors (Lipinski definition) is 2. The topological polar surface area (TPSA) is 175 Å². The molecule has 0 saturated heterocycles. The van der Waals surface area contributed by atoms with E-state index in [1.807, 2.05) is 6.92 Å². The molecule has 3 aromatic rings. The zero-order chi connectivity index (χ0) is 28.7. The predicted molar refractivity (Wildman–Crippen MR) is 144 cm³/mol.